The van der Waals surface area contributed by atoms with E-state index in [2.05, 4.69) is 6.92 Å². The van der Waals surface area contributed by atoms with Crippen molar-refractivity contribution in [3.63, 3.8) is 0 Å². The molecule has 0 aromatic heterocycles. The zero-order chi connectivity index (χ0) is 13.8. The van der Waals surface area contributed by atoms with Crippen LogP contribution >= 0.6 is 0 Å². The third-order valence-corrected chi connectivity index (χ3v) is 4.01. The molecular weight excluding hydrogens is 242 g/mol. The largest absolute Gasteiger partial charge is 0.299 e. The normalized spacial score (nSPS) is 25.0. The molecule has 0 unspecified atom stereocenters. The minimum absolute atomic E-state index is 0.160. The van der Waals surface area contributed by atoms with Gasteiger partial charge >= 0.3 is 0 Å². The van der Waals surface area contributed by atoms with Crippen LogP contribution in [0, 0.1) is 22.0 Å². The van der Waals surface area contributed by atoms with Crippen LogP contribution < -0.4 is 0 Å². The lowest BCUT2D eigenvalue weighted by molar-refractivity contribution is -0.484. The Labute approximate surface area is 113 Å². The number of benzene rings is 1. The molecule has 2 rings (SSSR count). The number of nitrogens with zero attached hydrogens (tertiary/aromatic N) is 1. The minimum atomic E-state index is -0.301. The van der Waals surface area contributed by atoms with E-state index in [9.17, 15) is 14.9 Å². The Balaban J connectivity index is 2.26. The van der Waals surface area contributed by atoms with Crippen LogP contribution in [0.5, 0.6) is 0 Å². The molecule has 0 spiro atoms. The molecule has 1 fully saturated rings. The molecule has 0 N–H and O–H groups in total. The van der Waals surface area contributed by atoms with E-state index >= 15 is 0 Å². The average Bonchev–Trinajstić information content (AvgIpc) is 2.40. The van der Waals surface area contributed by atoms with E-state index < -0.39 is 0 Å². The molecular formula is C15H19NO3. The smallest absolute Gasteiger partial charge is 0.211 e. The van der Waals surface area contributed by atoms with Gasteiger partial charge in [0, 0.05) is 17.3 Å². The maximum absolute atomic E-state index is 12.1. The van der Waals surface area contributed by atoms with Crippen LogP contribution in [0.4, 0.5) is 0 Å². The van der Waals surface area contributed by atoms with Gasteiger partial charge < -0.3 is 0 Å². The van der Waals surface area contributed by atoms with Crippen molar-refractivity contribution >= 4 is 5.78 Å². The summed E-state index contributed by atoms with van der Waals surface area (Å²) < 4.78 is 0. The monoisotopic (exact) mass is 261 g/mol. The summed E-state index contributed by atoms with van der Waals surface area (Å²) in [6, 6.07) is 9.41. The van der Waals surface area contributed by atoms with E-state index in [0.29, 0.717) is 12.3 Å². The second-order valence-corrected chi connectivity index (χ2v) is 5.48. The molecule has 1 aromatic carbocycles. The topological polar surface area (TPSA) is 60.2 Å². The number of Topliss-reactive ketones (excluding diaryl/α,β-unsaturated/α-hetero) is 1. The maximum atomic E-state index is 12.1. The van der Waals surface area contributed by atoms with Crippen molar-refractivity contribution < 1.29 is 9.72 Å². The Kier molecular flexibility index (Phi) is 4.30. The summed E-state index contributed by atoms with van der Waals surface area (Å²) >= 11 is 0. The van der Waals surface area contributed by atoms with Crippen molar-refractivity contribution in [1.29, 1.82) is 0 Å². The van der Waals surface area contributed by atoms with Crippen molar-refractivity contribution in [1.82, 2.24) is 0 Å². The summed E-state index contributed by atoms with van der Waals surface area (Å²) in [6.07, 6.45) is 2.24. The fraction of sp³-hybridized carbons (Fsp3) is 0.533. The lowest BCUT2D eigenvalue weighted by Gasteiger charge is -2.30. The molecule has 0 aliphatic heterocycles. The van der Waals surface area contributed by atoms with E-state index in [1.807, 2.05) is 30.3 Å². The van der Waals surface area contributed by atoms with Crippen molar-refractivity contribution in [3.05, 3.63) is 46.0 Å². The fourth-order valence-electron chi connectivity index (χ4n) is 2.97. The van der Waals surface area contributed by atoms with Crippen LogP contribution in [0.15, 0.2) is 30.3 Å². The molecule has 1 aromatic rings. The molecule has 1 aliphatic rings. The predicted molar refractivity (Wildman–Crippen MR) is 72.6 cm³/mol. The second kappa shape index (κ2) is 5.95. The molecule has 0 heterocycles. The Morgan fingerprint density at radius 3 is 2.68 bits per heavy atom. The second-order valence-electron chi connectivity index (χ2n) is 5.48. The first-order valence-corrected chi connectivity index (χ1v) is 6.77. The Morgan fingerprint density at radius 1 is 1.37 bits per heavy atom. The van der Waals surface area contributed by atoms with E-state index in [1.54, 1.807) is 0 Å². The average molecular weight is 261 g/mol. The molecule has 102 valence electrons. The Morgan fingerprint density at radius 2 is 2.05 bits per heavy atom. The van der Waals surface area contributed by atoms with Crippen LogP contribution in [0.1, 0.15) is 37.7 Å². The van der Waals surface area contributed by atoms with Gasteiger partial charge in [0.05, 0.1) is 5.92 Å². The SMILES string of the molecule is C[C@H]1CCC(=O)[C@H]([C@@H](C[N+](=O)[O-])c2ccccc2)C1. The van der Waals surface area contributed by atoms with Crippen molar-refractivity contribution in [2.75, 3.05) is 6.54 Å². The number of ketones is 1. The zero-order valence-corrected chi connectivity index (χ0v) is 11.1. The first kappa shape index (κ1) is 13.7. The molecule has 0 saturated heterocycles. The molecule has 4 nitrogen and oxygen atoms in total. The minimum Gasteiger partial charge on any atom is -0.299 e. The van der Waals surface area contributed by atoms with E-state index in [4.69, 9.17) is 0 Å². The van der Waals surface area contributed by atoms with Gasteiger partial charge in [-0.05, 0) is 24.3 Å². The number of carbonyl (C=O) groups excluding carboxylic acids is 1. The van der Waals surface area contributed by atoms with Gasteiger partial charge in [-0.1, -0.05) is 37.3 Å². The van der Waals surface area contributed by atoms with Crippen LogP contribution in [-0.4, -0.2) is 17.3 Å². The van der Waals surface area contributed by atoms with Gasteiger partial charge in [-0.15, -0.1) is 0 Å². The van der Waals surface area contributed by atoms with Crippen molar-refractivity contribution in [2.45, 2.75) is 32.1 Å². The molecule has 3 atom stereocenters. The molecule has 19 heavy (non-hydrogen) atoms. The summed E-state index contributed by atoms with van der Waals surface area (Å²) in [7, 11) is 0. The number of hydrogen-bond acceptors (Lipinski definition) is 3. The Bertz CT molecular complexity index is 458. The van der Waals surface area contributed by atoms with Crippen molar-refractivity contribution in [2.24, 2.45) is 11.8 Å². The third-order valence-electron chi connectivity index (χ3n) is 4.01. The molecule has 1 saturated carbocycles. The van der Waals surface area contributed by atoms with Gasteiger partial charge in [-0.3, -0.25) is 14.9 Å². The van der Waals surface area contributed by atoms with Crippen LogP contribution in [-0.2, 0) is 4.79 Å². The summed E-state index contributed by atoms with van der Waals surface area (Å²) in [4.78, 5) is 22.7. The van der Waals surface area contributed by atoms with Gasteiger partial charge in [0.1, 0.15) is 5.78 Å². The van der Waals surface area contributed by atoms with Gasteiger partial charge in [0.2, 0.25) is 6.54 Å². The highest BCUT2D eigenvalue weighted by Crippen LogP contribution is 2.36. The molecule has 4 heteroatoms. The first-order valence-electron chi connectivity index (χ1n) is 6.77. The van der Waals surface area contributed by atoms with Crippen LogP contribution in [0.3, 0.4) is 0 Å². The number of nitro groups is 1. The molecule has 0 amide bonds. The fourth-order valence-corrected chi connectivity index (χ4v) is 2.97. The van der Waals surface area contributed by atoms with Gasteiger partial charge in [0.15, 0.2) is 0 Å². The summed E-state index contributed by atoms with van der Waals surface area (Å²) in [6.45, 7) is 1.96. The summed E-state index contributed by atoms with van der Waals surface area (Å²) in [5, 5.41) is 10.9. The van der Waals surface area contributed by atoms with Crippen LogP contribution in [0.25, 0.3) is 0 Å². The van der Waals surface area contributed by atoms with E-state index in [1.165, 1.54) is 0 Å². The van der Waals surface area contributed by atoms with Crippen LogP contribution in [0.2, 0.25) is 0 Å². The van der Waals surface area contributed by atoms with Gasteiger partial charge in [-0.25, -0.2) is 0 Å². The lowest BCUT2D eigenvalue weighted by atomic mass is 9.72. The number of hydrogen-bond donors (Lipinski definition) is 0. The third kappa shape index (κ3) is 3.40. The maximum Gasteiger partial charge on any atom is 0.211 e. The van der Waals surface area contributed by atoms with Gasteiger partial charge in [-0.2, -0.15) is 0 Å². The predicted octanol–water partition coefficient (Wildman–Crippen LogP) is 3.05. The van der Waals surface area contributed by atoms with Crippen molar-refractivity contribution in [3.8, 4) is 0 Å². The Hall–Kier alpha value is -1.71. The first-order chi connectivity index (χ1) is 9.08. The number of carbonyl (C=O) groups is 1. The lowest BCUT2D eigenvalue weighted by Crippen LogP contribution is -2.32. The quantitative estimate of drug-likeness (QED) is 0.618. The summed E-state index contributed by atoms with van der Waals surface area (Å²) in [5.41, 5.74) is 0.909. The molecule has 0 bridgehead atoms. The van der Waals surface area contributed by atoms with E-state index in [-0.39, 0.29) is 29.1 Å². The highest BCUT2D eigenvalue weighted by molar-refractivity contribution is 5.82. The number of rotatable bonds is 4. The molecule has 1 aliphatic carbocycles. The summed E-state index contributed by atoms with van der Waals surface area (Å²) in [5.74, 6) is 0.178. The highest BCUT2D eigenvalue weighted by Gasteiger charge is 2.36. The molecule has 0 radical (unpaired) electrons. The highest BCUT2D eigenvalue weighted by atomic mass is 16.6. The zero-order valence-electron chi connectivity index (χ0n) is 11.1. The van der Waals surface area contributed by atoms with E-state index in [0.717, 1.165) is 18.4 Å². The standard InChI is InChI=1S/C15H19NO3/c1-11-7-8-15(17)13(9-11)14(10-16(18)19)12-5-3-2-4-6-12/h2-6,11,13-14H,7-10H2,1H3/t11-,13-,14-/m0/s1. The van der Waals surface area contributed by atoms with Gasteiger partial charge in [0.25, 0.3) is 0 Å².